The summed E-state index contributed by atoms with van der Waals surface area (Å²) in [5.74, 6) is 0.374. The van der Waals surface area contributed by atoms with Crippen molar-refractivity contribution >= 4 is 11.8 Å². The van der Waals surface area contributed by atoms with Gasteiger partial charge in [0.05, 0.1) is 0 Å². The predicted molar refractivity (Wildman–Crippen MR) is 102 cm³/mol. The summed E-state index contributed by atoms with van der Waals surface area (Å²) >= 11 is 0. The molecule has 2 atom stereocenters. The topological polar surface area (TPSA) is 49.4 Å². The summed E-state index contributed by atoms with van der Waals surface area (Å²) < 4.78 is 0. The summed E-state index contributed by atoms with van der Waals surface area (Å²) in [7, 11) is 0. The van der Waals surface area contributed by atoms with Crippen LogP contribution >= 0.6 is 0 Å². The van der Waals surface area contributed by atoms with Crippen molar-refractivity contribution in [2.24, 2.45) is 5.92 Å². The molecule has 4 nitrogen and oxygen atoms in total. The van der Waals surface area contributed by atoms with E-state index in [4.69, 9.17) is 0 Å². The maximum atomic E-state index is 12.6. The number of likely N-dealkylation sites (tertiary alicyclic amines) is 1. The molecule has 1 aliphatic rings. The average Bonchev–Trinajstić information content (AvgIpc) is 3.02. The van der Waals surface area contributed by atoms with E-state index in [9.17, 15) is 9.59 Å². The van der Waals surface area contributed by atoms with Crippen LogP contribution in [0.3, 0.4) is 0 Å². The Morgan fingerprint density at radius 1 is 1.08 bits per heavy atom. The summed E-state index contributed by atoms with van der Waals surface area (Å²) in [6.07, 6.45) is 1.98. The molecule has 3 rings (SSSR count). The Morgan fingerprint density at radius 3 is 2.35 bits per heavy atom. The van der Waals surface area contributed by atoms with Crippen molar-refractivity contribution in [3.63, 3.8) is 0 Å². The van der Waals surface area contributed by atoms with Crippen molar-refractivity contribution in [1.29, 1.82) is 0 Å². The number of rotatable bonds is 7. The van der Waals surface area contributed by atoms with E-state index >= 15 is 0 Å². The largest absolute Gasteiger partial charge is 0.354 e. The zero-order valence-electron chi connectivity index (χ0n) is 15.2. The third kappa shape index (κ3) is 4.72. The first kappa shape index (κ1) is 18.2. The van der Waals surface area contributed by atoms with Gasteiger partial charge in [-0.1, -0.05) is 67.6 Å². The fraction of sp³-hybridized carbons (Fsp3) is 0.364. The van der Waals surface area contributed by atoms with E-state index in [0.717, 1.165) is 12.0 Å². The van der Waals surface area contributed by atoms with Crippen molar-refractivity contribution in [1.82, 2.24) is 10.2 Å². The first-order valence-corrected chi connectivity index (χ1v) is 9.28. The zero-order valence-corrected chi connectivity index (χ0v) is 15.2. The molecular formula is C22H26N2O2. The van der Waals surface area contributed by atoms with E-state index in [1.807, 2.05) is 48.5 Å². The second-order valence-corrected chi connectivity index (χ2v) is 7.10. The maximum absolute atomic E-state index is 12.6. The summed E-state index contributed by atoms with van der Waals surface area (Å²) in [5, 5.41) is 3.05. The fourth-order valence-corrected chi connectivity index (χ4v) is 3.47. The molecular weight excluding hydrogens is 324 g/mol. The number of amides is 2. The number of hydrogen-bond donors (Lipinski definition) is 1. The normalized spacial score (nSPS) is 18.0. The number of hydrogen-bond acceptors (Lipinski definition) is 2. The molecule has 1 N–H and O–H groups in total. The first-order valence-electron chi connectivity index (χ1n) is 9.28. The summed E-state index contributed by atoms with van der Waals surface area (Å²) in [4.78, 5) is 26.6. The molecule has 136 valence electrons. The molecule has 0 radical (unpaired) electrons. The molecule has 0 bridgehead atoms. The van der Waals surface area contributed by atoms with Crippen LogP contribution in [0.5, 0.6) is 0 Å². The highest BCUT2D eigenvalue weighted by atomic mass is 16.2. The average molecular weight is 350 g/mol. The number of carbonyl (C=O) groups excluding carboxylic acids is 2. The maximum Gasteiger partial charge on any atom is 0.242 e. The Kier molecular flexibility index (Phi) is 6.05. The predicted octanol–water partition coefficient (Wildman–Crippen LogP) is 3.17. The zero-order chi connectivity index (χ0) is 18.4. The number of nitrogens with zero attached hydrogens (tertiary/aromatic N) is 1. The lowest BCUT2D eigenvalue weighted by Crippen LogP contribution is -2.45. The minimum Gasteiger partial charge on any atom is -0.354 e. The number of nitrogens with one attached hydrogen (secondary N) is 1. The minimum absolute atomic E-state index is 0.0355. The Morgan fingerprint density at radius 2 is 1.69 bits per heavy atom. The van der Waals surface area contributed by atoms with Crippen molar-refractivity contribution < 1.29 is 9.59 Å². The van der Waals surface area contributed by atoms with Crippen molar-refractivity contribution in [3.8, 4) is 0 Å². The lowest BCUT2D eigenvalue weighted by Gasteiger charge is -2.25. The van der Waals surface area contributed by atoms with Gasteiger partial charge in [-0.05, 0) is 29.9 Å². The van der Waals surface area contributed by atoms with Gasteiger partial charge < -0.3 is 10.2 Å². The molecule has 1 fully saturated rings. The quantitative estimate of drug-likeness (QED) is 0.834. The standard InChI is InChI=1S/C22H26N2O2/c1-17(14-18-8-4-2-5-9-18)15-23-22(26)20-12-13-21(25)24(20)16-19-10-6-3-7-11-19/h2-11,17,20H,12-16H2,1H3,(H,23,26). The SMILES string of the molecule is CC(CNC(=O)C1CCC(=O)N1Cc1ccccc1)Cc1ccccc1. The highest BCUT2D eigenvalue weighted by Gasteiger charge is 2.35. The fourth-order valence-electron chi connectivity index (χ4n) is 3.47. The van der Waals surface area contributed by atoms with Crippen molar-refractivity contribution in [3.05, 3.63) is 71.8 Å². The van der Waals surface area contributed by atoms with Gasteiger partial charge in [0.15, 0.2) is 0 Å². The monoisotopic (exact) mass is 350 g/mol. The molecule has 2 aromatic rings. The molecule has 2 unspecified atom stereocenters. The molecule has 0 saturated carbocycles. The molecule has 0 aliphatic carbocycles. The number of carbonyl (C=O) groups is 2. The van der Waals surface area contributed by atoms with Gasteiger partial charge in [0.1, 0.15) is 6.04 Å². The van der Waals surface area contributed by atoms with Crippen LogP contribution in [-0.4, -0.2) is 29.3 Å². The van der Waals surface area contributed by atoms with E-state index in [1.165, 1.54) is 5.56 Å². The highest BCUT2D eigenvalue weighted by molar-refractivity contribution is 5.90. The number of benzene rings is 2. The Hall–Kier alpha value is -2.62. The van der Waals surface area contributed by atoms with E-state index < -0.39 is 0 Å². The third-order valence-electron chi connectivity index (χ3n) is 4.88. The minimum atomic E-state index is -0.355. The van der Waals surface area contributed by atoms with Crippen LogP contribution in [0, 0.1) is 5.92 Å². The molecule has 2 amide bonds. The third-order valence-corrected chi connectivity index (χ3v) is 4.88. The van der Waals surface area contributed by atoms with E-state index in [0.29, 0.717) is 31.8 Å². The smallest absolute Gasteiger partial charge is 0.242 e. The van der Waals surface area contributed by atoms with Crippen LogP contribution in [0.25, 0.3) is 0 Å². The second-order valence-electron chi connectivity index (χ2n) is 7.10. The second kappa shape index (κ2) is 8.65. The molecule has 26 heavy (non-hydrogen) atoms. The van der Waals surface area contributed by atoms with E-state index in [2.05, 4.69) is 24.4 Å². The molecule has 0 spiro atoms. The first-order chi connectivity index (χ1) is 12.6. The van der Waals surface area contributed by atoms with E-state index in [-0.39, 0.29) is 17.9 Å². The van der Waals surface area contributed by atoms with Gasteiger partial charge in [0.25, 0.3) is 0 Å². The van der Waals surface area contributed by atoms with Crippen LogP contribution in [0.15, 0.2) is 60.7 Å². The van der Waals surface area contributed by atoms with Gasteiger partial charge >= 0.3 is 0 Å². The van der Waals surface area contributed by atoms with Gasteiger partial charge in [0.2, 0.25) is 11.8 Å². The highest BCUT2D eigenvalue weighted by Crippen LogP contribution is 2.21. The van der Waals surface area contributed by atoms with Crippen LogP contribution in [-0.2, 0) is 22.6 Å². The molecule has 1 aliphatic heterocycles. The van der Waals surface area contributed by atoms with Crippen molar-refractivity contribution in [2.45, 2.75) is 38.8 Å². The van der Waals surface area contributed by atoms with Crippen molar-refractivity contribution in [2.75, 3.05) is 6.54 Å². The van der Waals surface area contributed by atoms with Gasteiger partial charge in [-0.15, -0.1) is 0 Å². The Bertz CT molecular complexity index is 730. The van der Waals surface area contributed by atoms with Crippen LogP contribution in [0.4, 0.5) is 0 Å². The summed E-state index contributed by atoms with van der Waals surface area (Å²) in [6, 6.07) is 19.8. The summed E-state index contributed by atoms with van der Waals surface area (Å²) in [5.41, 5.74) is 2.33. The Balaban J connectivity index is 1.53. The molecule has 1 heterocycles. The lowest BCUT2D eigenvalue weighted by atomic mass is 10.0. The molecule has 4 heteroatoms. The lowest BCUT2D eigenvalue weighted by molar-refractivity contribution is -0.135. The van der Waals surface area contributed by atoms with E-state index in [1.54, 1.807) is 4.90 Å². The summed E-state index contributed by atoms with van der Waals surface area (Å²) in [6.45, 7) is 3.25. The van der Waals surface area contributed by atoms with Crippen LogP contribution in [0.1, 0.15) is 30.9 Å². The molecule has 1 saturated heterocycles. The Labute approximate surface area is 155 Å². The molecule has 0 aromatic heterocycles. The van der Waals surface area contributed by atoms with Crippen LogP contribution < -0.4 is 5.32 Å². The van der Waals surface area contributed by atoms with Gasteiger partial charge in [0, 0.05) is 19.5 Å². The van der Waals surface area contributed by atoms with Gasteiger partial charge in [-0.2, -0.15) is 0 Å². The van der Waals surface area contributed by atoms with Crippen LogP contribution in [0.2, 0.25) is 0 Å². The van der Waals surface area contributed by atoms with Gasteiger partial charge in [-0.3, -0.25) is 9.59 Å². The van der Waals surface area contributed by atoms with Gasteiger partial charge in [-0.25, -0.2) is 0 Å². The molecule has 2 aromatic carbocycles.